The summed E-state index contributed by atoms with van der Waals surface area (Å²) in [6, 6.07) is 9.17. The van der Waals surface area contributed by atoms with Crippen molar-refractivity contribution in [3.05, 3.63) is 47.8 Å². The summed E-state index contributed by atoms with van der Waals surface area (Å²) in [7, 11) is 0. The molecule has 2 N–H and O–H groups in total. The molecule has 0 bridgehead atoms. The Morgan fingerprint density at radius 1 is 1.36 bits per heavy atom. The predicted octanol–water partition coefficient (Wildman–Crippen LogP) is 3.93. The van der Waals surface area contributed by atoms with E-state index >= 15 is 0 Å². The second-order valence-corrected chi connectivity index (χ2v) is 5.03. The molecule has 0 unspecified atom stereocenters. The number of hydrogen-bond acceptors (Lipinski definition) is 3. The van der Waals surface area contributed by atoms with Gasteiger partial charge in [-0.25, -0.2) is 0 Å². The number of hydrogen-bond donors (Lipinski definition) is 2. The van der Waals surface area contributed by atoms with Crippen LogP contribution in [0.1, 0.15) is 23.0 Å². The summed E-state index contributed by atoms with van der Waals surface area (Å²) in [5.41, 5.74) is 2.60. The number of nitrogens with one attached hydrogen (secondary N) is 1. The molecule has 3 aromatic rings. The minimum atomic E-state index is -0.477. The van der Waals surface area contributed by atoms with Crippen LogP contribution in [0.15, 0.2) is 46.8 Å². The van der Waals surface area contributed by atoms with Gasteiger partial charge in [-0.2, -0.15) is 0 Å². The number of fused-ring (bicyclic) bond motifs is 1. The molecule has 1 aromatic carbocycles. The van der Waals surface area contributed by atoms with E-state index in [9.17, 15) is 9.90 Å². The Balaban J connectivity index is 2.08. The Morgan fingerprint density at radius 2 is 2.18 bits per heavy atom. The zero-order chi connectivity index (χ0) is 15.7. The number of benzene rings is 1. The van der Waals surface area contributed by atoms with Crippen LogP contribution in [0.2, 0.25) is 0 Å². The van der Waals surface area contributed by atoms with Crippen molar-refractivity contribution in [2.45, 2.75) is 20.4 Å². The van der Waals surface area contributed by atoms with E-state index in [2.05, 4.69) is 15.2 Å². The van der Waals surface area contributed by atoms with Gasteiger partial charge in [0.1, 0.15) is 5.69 Å². The van der Waals surface area contributed by atoms with Gasteiger partial charge in [-0.1, -0.05) is 11.6 Å². The lowest BCUT2D eigenvalue weighted by molar-refractivity contribution is 0.0991. The van der Waals surface area contributed by atoms with Gasteiger partial charge in [0.05, 0.1) is 5.52 Å². The van der Waals surface area contributed by atoms with Crippen molar-refractivity contribution in [3.8, 4) is 5.88 Å². The van der Waals surface area contributed by atoms with Crippen molar-refractivity contribution in [1.29, 1.82) is 0 Å². The van der Waals surface area contributed by atoms with E-state index in [1.54, 1.807) is 22.9 Å². The first kappa shape index (κ1) is 14.1. The number of aromatic amines is 1. The third kappa shape index (κ3) is 2.28. The molecule has 3 rings (SSSR count). The van der Waals surface area contributed by atoms with Gasteiger partial charge in [0.15, 0.2) is 5.69 Å². The average Bonchev–Trinajstić information content (AvgIpc) is 3.11. The van der Waals surface area contributed by atoms with Crippen molar-refractivity contribution in [3.63, 3.8) is 0 Å². The molecule has 2 aromatic heterocycles. The molecule has 1 amide bonds. The van der Waals surface area contributed by atoms with Crippen LogP contribution < -0.4 is 0 Å². The molecule has 0 aliphatic carbocycles. The van der Waals surface area contributed by atoms with Crippen LogP contribution >= 0.6 is 0 Å². The van der Waals surface area contributed by atoms with Gasteiger partial charge >= 0.3 is 5.91 Å². The molecule has 6 heteroatoms. The molecule has 0 radical (unpaired) electrons. The van der Waals surface area contributed by atoms with Gasteiger partial charge in [-0.15, -0.1) is 10.2 Å². The van der Waals surface area contributed by atoms with Gasteiger partial charge in [-0.3, -0.25) is 4.79 Å². The lowest BCUT2D eigenvalue weighted by Crippen LogP contribution is -1.93. The number of aromatic nitrogens is 2. The first-order chi connectivity index (χ1) is 10.6. The smallest absolute Gasteiger partial charge is 0.311 e. The zero-order valence-electron chi connectivity index (χ0n) is 12.4. The molecule has 0 saturated carbocycles. The van der Waals surface area contributed by atoms with E-state index in [4.69, 9.17) is 0 Å². The van der Waals surface area contributed by atoms with Crippen LogP contribution in [-0.4, -0.2) is 20.6 Å². The second kappa shape index (κ2) is 5.48. The molecular weight excluding hydrogens is 280 g/mol. The van der Waals surface area contributed by atoms with Gasteiger partial charge in [0, 0.05) is 18.1 Å². The maximum absolute atomic E-state index is 11.9. The summed E-state index contributed by atoms with van der Waals surface area (Å²) in [6.07, 6.45) is 1.65. The second-order valence-electron chi connectivity index (χ2n) is 5.03. The van der Waals surface area contributed by atoms with Crippen molar-refractivity contribution in [2.24, 2.45) is 10.2 Å². The van der Waals surface area contributed by atoms with E-state index in [1.165, 1.54) is 0 Å². The molecule has 0 saturated heterocycles. The summed E-state index contributed by atoms with van der Waals surface area (Å²) in [5, 5.41) is 18.8. The Kier molecular flexibility index (Phi) is 3.50. The van der Waals surface area contributed by atoms with Gasteiger partial charge in [-0.05, 0) is 38.1 Å². The maximum atomic E-state index is 11.9. The molecule has 6 nitrogen and oxygen atoms in total. The molecule has 0 atom stereocenters. The van der Waals surface area contributed by atoms with Crippen molar-refractivity contribution < 1.29 is 9.90 Å². The SMILES string of the molecule is CCn1c(O)c(N=NC(=O)c2ccc[nH]2)c2cc(C)ccc21. The first-order valence-electron chi connectivity index (χ1n) is 7.03. The summed E-state index contributed by atoms with van der Waals surface area (Å²) in [4.78, 5) is 14.7. The highest BCUT2D eigenvalue weighted by Crippen LogP contribution is 2.39. The lowest BCUT2D eigenvalue weighted by Gasteiger charge is -2.01. The molecule has 2 heterocycles. The average molecular weight is 296 g/mol. The number of aryl methyl sites for hydroxylation is 2. The Morgan fingerprint density at radius 3 is 2.86 bits per heavy atom. The monoisotopic (exact) mass is 296 g/mol. The van der Waals surface area contributed by atoms with Crippen LogP contribution in [-0.2, 0) is 6.54 Å². The Hall–Kier alpha value is -2.89. The fraction of sp³-hybridized carbons (Fsp3) is 0.188. The maximum Gasteiger partial charge on any atom is 0.311 e. The standard InChI is InChI=1S/C16H16N4O2/c1-3-20-13-7-6-10(2)9-11(13)14(16(20)22)18-19-15(21)12-5-4-8-17-12/h4-9,17,22H,3H2,1-2H3. The lowest BCUT2D eigenvalue weighted by atomic mass is 10.1. The largest absolute Gasteiger partial charge is 0.493 e. The Labute approximate surface area is 127 Å². The fourth-order valence-corrected chi connectivity index (χ4v) is 2.47. The highest BCUT2D eigenvalue weighted by atomic mass is 16.3. The van der Waals surface area contributed by atoms with Gasteiger partial charge in [0.2, 0.25) is 5.88 Å². The number of azo groups is 1. The molecule has 22 heavy (non-hydrogen) atoms. The fourth-order valence-electron chi connectivity index (χ4n) is 2.47. The number of carbonyl (C=O) groups excluding carboxylic acids is 1. The minimum absolute atomic E-state index is 0.0196. The van der Waals surface area contributed by atoms with Crippen molar-refractivity contribution >= 4 is 22.5 Å². The van der Waals surface area contributed by atoms with Crippen LogP contribution in [0, 0.1) is 6.92 Å². The number of H-pyrrole nitrogens is 1. The third-order valence-electron chi connectivity index (χ3n) is 3.55. The number of aromatic hydroxyl groups is 1. The summed E-state index contributed by atoms with van der Waals surface area (Å²) in [5.74, 6) is -0.458. The summed E-state index contributed by atoms with van der Waals surface area (Å²) in [6.45, 7) is 4.50. The topological polar surface area (TPSA) is 82.7 Å². The predicted molar refractivity (Wildman–Crippen MR) is 83.7 cm³/mol. The van der Waals surface area contributed by atoms with Crippen molar-refractivity contribution in [2.75, 3.05) is 0 Å². The molecule has 112 valence electrons. The first-order valence-corrected chi connectivity index (χ1v) is 7.03. The highest BCUT2D eigenvalue weighted by molar-refractivity contribution is 5.97. The van der Waals surface area contributed by atoms with Crippen molar-refractivity contribution in [1.82, 2.24) is 9.55 Å². The van der Waals surface area contributed by atoms with Crippen LogP contribution in [0.4, 0.5) is 5.69 Å². The van der Waals surface area contributed by atoms with E-state index in [0.717, 1.165) is 16.5 Å². The van der Waals surface area contributed by atoms with Gasteiger partial charge < -0.3 is 14.7 Å². The van der Waals surface area contributed by atoms with Gasteiger partial charge in [0.25, 0.3) is 0 Å². The number of carbonyl (C=O) groups is 1. The number of nitrogens with zero attached hydrogens (tertiary/aromatic N) is 3. The molecule has 0 spiro atoms. The summed E-state index contributed by atoms with van der Waals surface area (Å²) >= 11 is 0. The van der Waals surface area contributed by atoms with E-state index < -0.39 is 5.91 Å². The number of amides is 1. The molecule has 0 aliphatic heterocycles. The van der Waals surface area contributed by atoms with Crippen LogP contribution in [0.5, 0.6) is 5.88 Å². The van der Waals surface area contributed by atoms with E-state index in [-0.39, 0.29) is 5.88 Å². The quantitative estimate of drug-likeness (QED) is 0.718. The highest BCUT2D eigenvalue weighted by Gasteiger charge is 2.16. The number of rotatable bonds is 3. The normalized spacial score (nSPS) is 11.5. The van der Waals surface area contributed by atoms with Crippen LogP contribution in [0.25, 0.3) is 10.9 Å². The zero-order valence-corrected chi connectivity index (χ0v) is 12.4. The Bertz CT molecular complexity index is 860. The van der Waals surface area contributed by atoms with E-state index in [1.807, 2.05) is 32.0 Å². The summed E-state index contributed by atoms with van der Waals surface area (Å²) < 4.78 is 1.74. The van der Waals surface area contributed by atoms with Crippen LogP contribution in [0.3, 0.4) is 0 Å². The van der Waals surface area contributed by atoms with E-state index in [0.29, 0.717) is 17.9 Å². The molecule has 0 fully saturated rings. The minimum Gasteiger partial charge on any atom is -0.493 e. The molecular formula is C16H16N4O2. The third-order valence-corrected chi connectivity index (χ3v) is 3.55. The molecule has 0 aliphatic rings.